The lowest BCUT2D eigenvalue weighted by Gasteiger charge is -2.34. The van der Waals surface area contributed by atoms with E-state index in [0.29, 0.717) is 6.54 Å². The third-order valence-corrected chi connectivity index (χ3v) is 4.59. The average Bonchev–Trinajstić information content (AvgIpc) is 2.67. The fraction of sp³-hybridized carbons (Fsp3) is 0.692. The van der Waals surface area contributed by atoms with Gasteiger partial charge in [-0.2, -0.15) is 0 Å². The number of carbonyl (C=O) groups is 1. The Hall–Kier alpha value is -0.940. The van der Waals surface area contributed by atoms with Crippen molar-refractivity contribution >= 4 is 17.3 Å². The zero-order valence-electron chi connectivity index (χ0n) is 11.1. The van der Waals surface area contributed by atoms with Gasteiger partial charge in [-0.25, -0.2) is 4.98 Å². The number of aryl methyl sites for hydroxylation is 2. The number of carboxylic acid groups (broad SMARTS) is 1. The molecule has 100 valence electrons. The Balaban J connectivity index is 2.11. The first-order valence-electron chi connectivity index (χ1n) is 6.40. The molecule has 2 rings (SSSR count). The maximum atomic E-state index is 11.1. The van der Waals surface area contributed by atoms with Crippen LogP contribution in [0.15, 0.2) is 0 Å². The molecule has 4 nitrogen and oxygen atoms in total. The van der Waals surface area contributed by atoms with Crippen molar-refractivity contribution in [1.29, 1.82) is 0 Å². The number of piperidine rings is 1. The Bertz CT molecular complexity index is 444. The molecule has 0 spiro atoms. The standard InChI is InChI=1S/C13H20N2O2S/c1-8(12-9(2)18-10(3)14-12)15-6-4-5-11(7-15)13(16)17/h8,11H,4-7H2,1-3H3,(H,16,17). The molecule has 0 radical (unpaired) electrons. The van der Waals surface area contributed by atoms with E-state index in [0.717, 1.165) is 30.1 Å². The fourth-order valence-electron chi connectivity index (χ4n) is 2.67. The summed E-state index contributed by atoms with van der Waals surface area (Å²) in [7, 11) is 0. The number of likely N-dealkylation sites (tertiary alicyclic amines) is 1. The van der Waals surface area contributed by atoms with Gasteiger partial charge in [0.15, 0.2) is 0 Å². The highest BCUT2D eigenvalue weighted by molar-refractivity contribution is 7.11. The molecule has 1 aliphatic rings. The highest BCUT2D eigenvalue weighted by Gasteiger charge is 2.29. The van der Waals surface area contributed by atoms with Gasteiger partial charge in [0.1, 0.15) is 0 Å². The summed E-state index contributed by atoms with van der Waals surface area (Å²) in [6.45, 7) is 7.86. The zero-order valence-corrected chi connectivity index (χ0v) is 12.0. The van der Waals surface area contributed by atoms with Crippen molar-refractivity contribution in [3.8, 4) is 0 Å². The minimum atomic E-state index is -0.668. The minimum absolute atomic E-state index is 0.220. The van der Waals surface area contributed by atoms with Crippen molar-refractivity contribution in [2.75, 3.05) is 13.1 Å². The number of thiazole rings is 1. The average molecular weight is 268 g/mol. The van der Waals surface area contributed by atoms with Gasteiger partial charge in [-0.05, 0) is 40.2 Å². The second-order valence-electron chi connectivity index (χ2n) is 5.02. The van der Waals surface area contributed by atoms with Crippen molar-refractivity contribution in [3.05, 3.63) is 15.6 Å². The number of aromatic nitrogens is 1. The Morgan fingerprint density at radius 3 is 2.83 bits per heavy atom. The predicted octanol–water partition coefficient (Wildman–Crippen LogP) is 2.62. The number of rotatable bonds is 3. The molecule has 1 aliphatic heterocycles. The molecule has 0 amide bonds. The highest BCUT2D eigenvalue weighted by atomic mass is 32.1. The van der Waals surface area contributed by atoms with Gasteiger partial charge in [0.05, 0.1) is 22.7 Å². The van der Waals surface area contributed by atoms with Crippen LogP contribution in [0.3, 0.4) is 0 Å². The summed E-state index contributed by atoms with van der Waals surface area (Å²) in [5.41, 5.74) is 1.11. The summed E-state index contributed by atoms with van der Waals surface area (Å²) < 4.78 is 0. The van der Waals surface area contributed by atoms with Gasteiger partial charge >= 0.3 is 5.97 Å². The summed E-state index contributed by atoms with van der Waals surface area (Å²) in [5, 5.41) is 10.2. The van der Waals surface area contributed by atoms with E-state index in [1.165, 1.54) is 4.88 Å². The van der Waals surface area contributed by atoms with Crippen LogP contribution in [0.1, 0.15) is 41.4 Å². The van der Waals surface area contributed by atoms with Gasteiger partial charge in [0.2, 0.25) is 0 Å². The molecule has 2 atom stereocenters. The Morgan fingerprint density at radius 1 is 1.56 bits per heavy atom. The second kappa shape index (κ2) is 5.36. The van der Waals surface area contributed by atoms with E-state index in [1.807, 2.05) is 6.92 Å². The molecule has 1 aromatic rings. The van der Waals surface area contributed by atoms with E-state index in [1.54, 1.807) is 11.3 Å². The molecule has 2 heterocycles. The normalized spacial score (nSPS) is 22.9. The number of carboxylic acids is 1. The summed E-state index contributed by atoms with van der Waals surface area (Å²) in [4.78, 5) is 19.2. The first-order valence-corrected chi connectivity index (χ1v) is 7.21. The lowest BCUT2D eigenvalue weighted by molar-refractivity contribution is -0.143. The molecule has 0 bridgehead atoms. The number of hydrogen-bond acceptors (Lipinski definition) is 4. The van der Waals surface area contributed by atoms with Crippen LogP contribution in [-0.2, 0) is 4.79 Å². The van der Waals surface area contributed by atoms with Crippen molar-refractivity contribution < 1.29 is 9.90 Å². The first kappa shape index (κ1) is 13.5. The predicted molar refractivity (Wildman–Crippen MR) is 71.9 cm³/mol. The van der Waals surface area contributed by atoms with Crippen molar-refractivity contribution in [2.24, 2.45) is 5.92 Å². The van der Waals surface area contributed by atoms with Gasteiger partial charge in [-0.15, -0.1) is 11.3 Å². The topological polar surface area (TPSA) is 53.4 Å². The summed E-state index contributed by atoms with van der Waals surface area (Å²) in [6.07, 6.45) is 1.76. The second-order valence-corrected chi connectivity index (χ2v) is 6.43. The fourth-order valence-corrected chi connectivity index (χ4v) is 3.57. The van der Waals surface area contributed by atoms with Crippen LogP contribution in [0.4, 0.5) is 0 Å². The summed E-state index contributed by atoms with van der Waals surface area (Å²) in [6, 6.07) is 0.220. The molecule has 1 saturated heterocycles. The molecule has 18 heavy (non-hydrogen) atoms. The highest BCUT2D eigenvalue weighted by Crippen LogP contribution is 2.30. The van der Waals surface area contributed by atoms with Crippen molar-refractivity contribution in [1.82, 2.24) is 9.88 Å². The quantitative estimate of drug-likeness (QED) is 0.915. The van der Waals surface area contributed by atoms with Crippen molar-refractivity contribution in [3.63, 3.8) is 0 Å². The van der Waals surface area contributed by atoms with Crippen LogP contribution >= 0.6 is 11.3 Å². The van der Waals surface area contributed by atoms with E-state index in [2.05, 4.69) is 23.7 Å². The largest absolute Gasteiger partial charge is 0.481 e. The summed E-state index contributed by atoms with van der Waals surface area (Å²) >= 11 is 1.71. The van der Waals surface area contributed by atoms with Crippen LogP contribution in [0.5, 0.6) is 0 Å². The number of aliphatic carboxylic acids is 1. The van der Waals surface area contributed by atoms with E-state index in [4.69, 9.17) is 5.11 Å². The third kappa shape index (κ3) is 2.72. The van der Waals surface area contributed by atoms with Gasteiger partial charge < -0.3 is 5.11 Å². The van der Waals surface area contributed by atoms with E-state index in [-0.39, 0.29) is 12.0 Å². The van der Waals surface area contributed by atoms with Crippen LogP contribution < -0.4 is 0 Å². The van der Waals surface area contributed by atoms with Crippen LogP contribution in [0, 0.1) is 19.8 Å². The maximum Gasteiger partial charge on any atom is 0.307 e. The minimum Gasteiger partial charge on any atom is -0.481 e. The SMILES string of the molecule is Cc1nc(C(C)N2CCCC(C(=O)O)C2)c(C)s1. The maximum absolute atomic E-state index is 11.1. The molecule has 1 N–H and O–H groups in total. The Kier molecular flexibility index (Phi) is 4.02. The van der Waals surface area contributed by atoms with Crippen molar-refractivity contribution in [2.45, 2.75) is 39.7 Å². The number of hydrogen-bond donors (Lipinski definition) is 1. The number of nitrogens with zero attached hydrogens (tertiary/aromatic N) is 2. The summed E-state index contributed by atoms with van der Waals surface area (Å²) in [5.74, 6) is -0.890. The molecule has 0 saturated carbocycles. The Morgan fingerprint density at radius 2 is 2.28 bits per heavy atom. The van der Waals surface area contributed by atoms with Gasteiger partial charge in [-0.3, -0.25) is 9.69 Å². The monoisotopic (exact) mass is 268 g/mol. The molecular formula is C13H20N2O2S. The molecular weight excluding hydrogens is 248 g/mol. The first-order chi connectivity index (χ1) is 8.49. The molecule has 5 heteroatoms. The molecule has 0 aliphatic carbocycles. The van der Waals surface area contributed by atoms with Gasteiger partial charge in [-0.1, -0.05) is 0 Å². The van der Waals surface area contributed by atoms with Gasteiger partial charge in [0.25, 0.3) is 0 Å². The van der Waals surface area contributed by atoms with Crippen LogP contribution in [0.2, 0.25) is 0 Å². The Labute approximate surface area is 112 Å². The lowest BCUT2D eigenvalue weighted by atomic mass is 9.96. The van der Waals surface area contributed by atoms with Crippen LogP contribution in [0.25, 0.3) is 0 Å². The van der Waals surface area contributed by atoms with E-state index < -0.39 is 5.97 Å². The third-order valence-electron chi connectivity index (χ3n) is 3.68. The lowest BCUT2D eigenvalue weighted by Crippen LogP contribution is -2.40. The van der Waals surface area contributed by atoms with E-state index in [9.17, 15) is 4.79 Å². The molecule has 1 aromatic heterocycles. The molecule has 1 fully saturated rings. The van der Waals surface area contributed by atoms with E-state index >= 15 is 0 Å². The molecule has 0 aromatic carbocycles. The molecule has 2 unspecified atom stereocenters. The zero-order chi connectivity index (χ0) is 13.3. The van der Waals surface area contributed by atoms with Gasteiger partial charge in [0, 0.05) is 11.4 Å². The smallest absolute Gasteiger partial charge is 0.307 e. The van der Waals surface area contributed by atoms with Crippen LogP contribution in [-0.4, -0.2) is 34.0 Å².